The topological polar surface area (TPSA) is 66.4 Å². The van der Waals surface area contributed by atoms with Gasteiger partial charge in [-0.25, -0.2) is 13.2 Å². The van der Waals surface area contributed by atoms with Gasteiger partial charge in [0, 0.05) is 43.0 Å². The number of alkyl halides is 2. The lowest BCUT2D eigenvalue weighted by Crippen LogP contribution is -2.46. The molecule has 0 unspecified atom stereocenters. The predicted octanol–water partition coefficient (Wildman–Crippen LogP) is 4.50. The Hall–Kier alpha value is -2.81. The molecular weight excluding hydrogens is 457 g/mol. The Bertz CT molecular complexity index is 1170. The number of aromatic nitrogens is 1. The van der Waals surface area contributed by atoms with Crippen molar-refractivity contribution in [2.45, 2.75) is 57.2 Å². The van der Waals surface area contributed by atoms with E-state index in [2.05, 4.69) is 22.6 Å². The standard InChI is InChI=1S/C26H31F3N4O2/c1-14(18-4-3-5-19(23(18)27)25(28)29)30-26(35)20-13-33(17-8-9-17)22(34)10-21(20)31-24-15-6-7-16(24)12-32(2)11-15/h3-5,10,13-17,24-25,31H,6-9,11-12H2,1-2H3,(H,30,35)/t14-,15-,16+,24-/m1/s1. The van der Waals surface area contributed by atoms with Gasteiger partial charge in [0.15, 0.2) is 0 Å². The van der Waals surface area contributed by atoms with Crippen molar-refractivity contribution in [3.05, 3.63) is 63.3 Å². The molecule has 5 rings (SSSR count). The van der Waals surface area contributed by atoms with E-state index >= 15 is 0 Å². The monoisotopic (exact) mass is 488 g/mol. The average Bonchev–Trinajstić information content (AvgIpc) is 3.60. The number of hydrogen-bond acceptors (Lipinski definition) is 4. The summed E-state index contributed by atoms with van der Waals surface area (Å²) in [5.41, 5.74) is -0.0620. The molecule has 1 saturated heterocycles. The summed E-state index contributed by atoms with van der Waals surface area (Å²) >= 11 is 0. The molecule has 3 fully saturated rings. The summed E-state index contributed by atoms with van der Waals surface area (Å²) in [6.45, 7) is 3.49. The lowest BCUT2D eigenvalue weighted by atomic mass is 9.92. The third kappa shape index (κ3) is 4.70. The Morgan fingerprint density at radius 3 is 2.37 bits per heavy atom. The highest BCUT2D eigenvalue weighted by atomic mass is 19.3. The minimum atomic E-state index is -2.94. The molecule has 0 spiro atoms. The number of anilines is 1. The third-order valence-corrected chi connectivity index (χ3v) is 7.71. The Balaban J connectivity index is 1.43. The number of benzene rings is 1. The SMILES string of the molecule is C[C@@H](NC(=O)c1cn(C2CC2)c(=O)cc1N[C@@H]1[C@@H]2CC[C@H]1CN(C)C2)c1cccc(C(F)F)c1F. The van der Waals surface area contributed by atoms with Crippen LogP contribution < -0.4 is 16.2 Å². The van der Waals surface area contributed by atoms with Crippen LogP contribution in [0.5, 0.6) is 0 Å². The fourth-order valence-electron chi connectivity index (χ4n) is 5.78. The van der Waals surface area contributed by atoms with E-state index in [-0.39, 0.29) is 23.2 Å². The molecule has 2 aromatic rings. The molecule has 0 radical (unpaired) electrons. The van der Waals surface area contributed by atoms with Crippen molar-refractivity contribution >= 4 is 11.6 Å². The van der Waals surface area contributed by atoms with E-state index in [9.17, 15) is 22.8 Å². The second-order valence-electron chi connectivity index (χ2n) is 10.3. The highest BCUT2D eigenvalue weighted by Gasteiger charge is 2.41. The van der Waals surface area contributed by atoms with Crippen molar-refractivity contribution in [2.75, 3.05) is 25.5 Å². The van der Waals surface area contributed by atoms with Gasteiger partial charge in [-0.15, -0.1) is 0 Å². The molecule has 188 valence electrons. The third-order valence-electron chi connectivity index (χ3n) is 7.71. The quantitative estimate of drug-likeness (QED) is 0.602. The zero-order valence-electron chi connectivity index (χ0n) is 19.9. The molecule has 4 atom stereocenters. The molecule has 2 saturated carbocycles. The molecule has 35 heavy (non-hydrogen) atoms. The first-order valence-corrected chi connectivity index (χ1v) is 12.3. The van der Waals surface area contributed by atoms with Crippen LogP contribution in [-0.2, 0) is 0 Å². The van der Waals surface area contributed by atoms with Gasteiger partial charge in [-0.3, -0.25) is 9.59 Å². The van der Waals surface area contributed by atoms with Gasteiger partial charge in [0.2, 0.25) is 0 Å². The van der Waals surface area contributed by atoms with Gasteiger partial charge in [-0.05, 0) is 51.5 Å². The number of halogens is 3. The molecule has 2 N–H and O–H groups in total. The number of likely N-dealkylation sites (tertiary alicyclic amines) is 1. The summed E-state index contributed by atoms with van der Waals surface area (Å²) in [4.78, 5) is 28.6. The van der Waals surface area contributed by atoms with E-state index in [0.717, 1.165) is 44.8 Å². The molecule has 2 bridgehead atoms. The molecule has 9 heteroatoms. The van der Waals surface area contributed by atoms with Gasteiger partial charge in [0.05, 0.1) is 22.9 Å². The summed E-state index contributed by atoms with van der Waals surface area (Å²) in [6, 6.07) is 4.71. The first kappa shape index (κ1) is 23.9. The fraction of sp³-hybridized carbons (Fsp3) is 0.538. The van der Waals surface area contributed by atoms with E-state index in [1.54, 1.807) is 17.7 Å². The van der Waals surface area contributed by atoms with Crippen molar-refractivity contribution < 1.29 is 18.0 Å². The number of carbonyl (C=O) groups excluding carboxylic acids is 1. The number of rotatable bonds is 7. The van der Waals surface area contributed by atoms with Crippen molar-refractivity contribution in [1.82, 2.24) is 14.8 Å². The minimum Gasteiger partial charge on any atom is -0.381 e. The van der Waals surface area contributed by atoms with Gasteiger partial charge in [-0.1, -0.05) is 18.2 Å². The Morgan fingerprint density at radius 1 is 1.09 bits per heavy atom. The molecule has 1 aliphatic heterocycles. The molecule has 3 aliphatic rings. The number of nitrogens with zero attached hydrogens (tertiary/aromatic N) is 2. The number of amides is 1. The smallest absolute Gasteiger partial charge is 0.266 e. The highest BCUT2D eigenvalue weighted by molar-refractivity contribution is 5.99. The minimum absolute atomic E-state index is 0.00506. The van der Waals surface area contributed by atoms with Crippen LogP contribution in [0.15, 0.2) is 35.3 Å². The molecule has 2 aliphatic carbocycles. The number of pyridine rings is 1. The summed E-state index contributed by atoms with van der Waals surface area (Å²) in [5.74, 6) is -0.618. The van der Waals surface area contributed by atoms with Gasteiger partial charge in [0.1, 0.15) is 5.82 Å². The number of nitrogens with one attached hydrogen (secondary N) is 2. The largest absolute Gasteiger partial charge is 0.381 e. The lowest BCUT2D eigenvalue weighted by molar-refractivity contribution is 0.0939. The predicted molar refractivity (Wildman–Crippen MR) is 127 cm³/mol. The number of carbonyl (C=O) groups is 1. The van der Waals surface area contributed by atoms with Crippen LogP contribution >= 0.6 is 0 Å². The summed E-state index contributed by atoms with van der Waals surface area (Å²) < 4.78 is 42.6. The average molecular weight is 489 g/mol. The molecule has 6 nitrogen and oxygen atoms in total. The van der Waals surface area contributed by atoms with Gasteiger partial charge >= 0.3 is 0 Å². The zero-order chi connectivity index (χ0) is 24.9. The lowest BCUT2D eigenvalue weighted by Gasteiger charge is -2.37. The maximum absolute atomic E-state index is 14.7. The van der Waals surface area contributed by atoms with Crippen LogP contribution in [0.4, 0.5) is 18.9 Å². The van der Waals surface area contributed by atoms with Crippen molar-refractivity contribution in [2.24, 2.45) is 11.8 Å². The highest BCUT2D eigenvalue weighted by Crippen LogP contribution is 2.39. The van der Waals surface area contributed by atoms with E-state index < -0.39 is 29.8 Å². The second-order valence-corrected chi connectivity index (χ2v) is 10.3. The van der Waals surface area contributed by atoms with E-state index in [1.165, 1.54) is 18.2 Å². The molecular formula is C26H31F3N4O2. The first-order chi connectivity index (χ1) is 16.7. The van der Waals surface area contributed by atoms with E-state index in [4.69, 9.17) is 0 Å². The van der Waals surface area contributed by atoms with Crippen molar-refractivity contribution in [3.63, 3.8) is 0 Å². The molecule has 1 aromatic carbocycles. The second kappa shape index (κ2) is 9.33. The zero-order valence-corrected chi connectivity index (χ0v) is 19.9. The normalized spacial score (nSPS) is 25.0. The summed E-state index contributed by atoms with van der Waals surface area (Å²) in [5, 5.41) is 6.28. The molecule has 2 heterocycles. The Kier molecular flexibility index (Phi) is 6.38. The number of piperidine rings is 1. The van der Waals surface area contributed by atoms with Crippen LogP contribution in [0.3, 0.4) is 0 Å². The van der Waals surface area contributed by atoms with Crippen molar-refractivity contribution in [3.8, 4) is 0 Å². The fourth-order valence-corrected chi connectivity index (χ4v) is 5.78. The van der Waals surface area contributed by atoms with E-state index in [1.807, 2.05) is 0 Å². The van der Waals surface area contributed by atoms with Crippen molar-refractivity contribution in [1.29, 1.82) is 0 Å². The van der Waals surface area contributed by atoms with Crippen LogP contribution in [0, 0.1) is 17.7 Å². The maximum atomic E-state index is 14.7. The van der Waals surface area contributed by atoms with Gasteiger partial charge in [0.25, 0.3) is 17.9 Å². The Morgan fingerprint density at radius 2 is 1.74 bits per heavy atom. The molecule has 1 aromatic heterocycles. The van der Waals surface area contributed by atoms with Gasteiger partial charge < -0.3 is 20.1 Å². The van der Waals surface area contributed by atoms with Crippen LogP contribution in [-0.4, -0.2) is 41.6 Å². The first-order valence-electron chi connectivity index (χ1n) is 12.3. The number of fused-ring (bicyclic) bond motifs is 2. The van der Waals surface area contributed by atoms with E-state index in [0.29, 0.717) is 23.1 Å². The van der Waals surface area contributed by atoms with Gasteiger partial charge in [-0.2, -0.15) is 0 Å². The van der Waals surface area contributed by atoms with Crippen LogP contribution in [0.2, 0.25) is 0 Å². The maximum Gasteiger partial charge on any atom is 0.266 e. The van der Waals surface area contributed by atoms with Crippen LogP contribution in [0.1, 0.15) is 72.6 Å². The summed E-state index contributed by atoms with van der Waals surface area (Å²) in [7, 11) is 2.11. The summed E-state index contributed by atoms with van der Waals surface area (Å²) in [6.07, 6.45) is 2.62. The number of hydrogen-bond donors (Lipinski definition) is 2. The molecule has 1 amide bonds. The Labute approximate surface area is 202 Å². The van der Waals surface area contributed by atoms with Crippen LogP contribution in [0.25, 0.3) is 0 Å².